The zero-order valence-electron chi connectivity index (χ0n) is 8.77. The molecule has 0 radical (unpaired) electrons. The lowest BCUT2D eigenvalue weighted by Gasteiger charge is -2.12. The van der Waals surface area contributed by atoms with Crippen molar-refractivity contribution in [3.63, 3.8) is 0 Å². The van der Waals surface area contributed by atoms with E-state index in [4.69, 9.17) is 17.4 Å². The van der Waals surface area contributed by atoms with Gasteiger partial charge in [0, 0.05) is 7.05 Å². The van der Waals surface area contributed by atoms with Crippen LogP contribution in [0.25, 0.3) is 0 Å². The molecule has 0 amide bonds. The molecule has 4 nitrogen and oxygen atoms in total. The van der Waals surface area contributed by atoms with Crippen LogP contribution in [-0.4, -0.2) is 13.0 Å². The van der Waals surface area contributed by atoms with Crippen LogP contribution in [0.1, 0.15) is 5.56 Å². The van der Waals surface area contributed by atoms with Gasteiger partial charge in [-0.2, -0.15) is 13.2 Å². The fourth-order valence-corrected chi connectivity index (χ4v) is 1.30. The highest BCUT2D eigenvalue weighted by atomic mass is 35.5. The number of nitrogens with zero attached hydrogens (tertiary/aromatic N) is 1. The Labute approximate surface area is 101 Å². The number of hydrogen-bond donors (Lipinski definition) is 3. The minimum Gasteiger partial charge on any atom is -0.324 e. The van der Waals surface area contributed by atoms with Gasteiger partial charge in [0.25, 0.3) is 0 Å². The Hall–Kier alpha value is -1.47. The third-order valence-corrected chi connectivity index (χ3v) is 2.22. The number of guanidine groups is 1. The van der Waals surface area contributed by atoms with Crippen molar-refractivity contribution in [1.82, 2.24) is 5.43 Å². The second-order valence-electron chi connectivity index (χ2n) is 3.03. The van der Waals surface area contributed by atoms with Gasteiger partial charge < -0.3 is 5.32 Å². The number of rotatable bonds is 1. The van der Waals surface area contributed by atoms with Gasteiger partial charge in [-0.1, -0.05) is 11.6 Å². The second-order valence-corrected chi connectivity index (χ2v) is 3.44. The molecule has 0 aromatic heterocycles. The summed E-state index contributed by atoms with van der Waals surface area (Å²) in [7, 11) is 1.46. The molecule has 0 aliphatic carbocycles. The molecule has 1 rings (SSSR count). The fourth-order valence-electron chi connectivity index (χ4n) is 1.08. The van der Waals surface area contributed by atoms with Crippen LogP contribution in [0.4, 0.5) is 18.9 Å². The summed E-state index contributed by atoms with van der Waals surface area (Å²) < 4.78 is 37.1. The van der Waals surface area contributed by atoms with Gasteiger partial charge in [0.05, 0.1) is 16.3 Å². The van der Waals surface area contributed by atoms with Crippen LogP contribution in [0.5, 0.6) is 0 Å². The average molecular weight is 267 g/mol. The van der Waals surface area contributed by atoms with E-state index in [0.29, 0.717) is 0 Å². The highest BCUT2D eigenvalue weighted by Crippen LogP contribution is 2.33. The first-order valence-corrected chi connectivity index (χ1v) is 4.83. The van der Waals surface area contributed by atoms with Gasteiger partial charge in [0.1, 0.15) is 0 Å². The maximum absolute atomic E-state index is 12.4. The van der Waals surface area contributed by atoms with Crippen molar-refractivity contribution in [2.75, 3.05) is 12.4 Å². The first kappa shape index (κ1) is 13.6. The van der Waals surface area contributed by atoms with Crippen LogP contribution < -0.4 is 16.6 Å². The van der Waals surface area contributed by atoms with E-state index in [1.807, 2.05) is 0 Å². The quantitative estimate of drug-likeness (QED) is 0.316. The number of nitrogens with two attached hydrogens (primary N) is 1. The third-order valence-electron chi connectivity index (χ3n) is 1.91. The van der Waals surface area contributed by atoms with Gasteiger partial charge >= 0.3 is 6.18 Å². The molecule has 0 fully saturated rings. The van der Waals surface area contributed by atoms with Crippen LogP contribution in [0.3, 0.4) is 0 Å². The van der Waals surface area contributed by atoms with Crippen LogP contribution in [0.15, 0.2) is 23.2 Å². The predicted octanol–water partition coefficient (Wildman–Crippen LogP) is 2.22. The van der Waals surface area contributed by atoms with Crippen molar-refractivity contribution in [1.29, 1.82) is 0 Å². The molecule has 0 saturated heterocycles. The Kier molecular flexibility index (Phi) is 4.19. The van der Waals surface area contributed by atoms with Gasteiger partial charge in [-0.25, -0.2) is 5.84 Å². The summed E-state index contributed by atoms with van der Waals surface area (Å²) in [5.74, 6) is 5.30. The molecular formula is C9H10ClF3N4. The number of hydrazine groups is 1. The molecule has 0 saturated carbocycles. The topological polar surface area (TPSA) is 62.4 Å². The molecule has 0 spiro atoms. The van der Waals surface area contributed by atoms with E-state index in [2.05, 4.69) is 15.7 Å². The summed E-state index contributed by atoms with van der Waals surface area (Å²) in [6.07, 6.45) is -4.42. The van der Waals surface area contributed by atoms with Crippen molar-refractivity contribution in [2.24, 2.45) is 10.8 Å². The van der Waals surface area contributed by atoms with E-state index in [-0.39, 0.29) is 16.7 Å². The number of alkyl halides is 3. The normalized spacial score (nSPS) is 12.5. The highest BCUT2D eigenvalue weighted by molar-refractivity contribution is 6.33. The molecule has 0 aliphatic rings. The molecule has 8 heteroatoms. The zero-order chi connectivity index (χ0) is 13.1. The maximum atomic E-state index is 12.4. The van der Waals surface area contributed by atoms with Crippen molar-refractivity contribution < 1.29 is 13.2 Å². The summed E-state index contributed by atoms with van der Waals surface area (Å²) in [6.45, 7) is 0. The lowest BCUT2D eigenvalue weighted by atomic mass is 10.2. The zero-order valence-corrected chi connectivity index (χ0v) is 9.52. The molecule has 0 unspecified atom stereocenters. The standard InChI is InChI=1S/C9H10ClF3N4/c1-15-8(17-14)16-7-3-2-5(4-6(7)10)9(11,12)13/h2-4H,14H2,1H3,(H2,15,16,17). The molecule has 4 N–H and O–H groups in total. The van der Waals surface area contributed by atoms with Crippen molar-refractivity contribution in [3.8, 4) is 0 Å². The summed E-state index contributed by atoms with van der Waals surface area (Å²) in [5.41, 5.74) is 1.69. The fraction of sp³-hybridized carbons (Fsp3) is 0.222. The van der Waals surface area contributed by atoms with Gasteiger partial charge in [0.2, 0.25) is 5.96 Å². The van der Waals surface area contributed by atoms with E-state index >= 15 is 0 Å². The Balaban J connectivity index is 2.99. The smallest absolute Gasteiger partial charge is 0.324 e. The maximum Gasteiger partial charge on any atom is 0.416 e. The first-order valence-electron chi connectivity index (χ1n) is 4.45. The van der Waals surface area contributed by atoms with Gasteiger partial charge in [-0.3, -0.25) is 10.4 Å². The molecular weight excluding hydrogens is 257 g/mol. The van der Waals surface area contributed by atoms with E-state index in [1.54, 1.807) is 0 Å². The van der Waals surface area contributed by atoms with Gasteiger partial charge in [-0.05, 0) is 18.2 Å². The van der Waals surface area contributed by atoms with Gasteiger partial charge in [0.15, 0.2) is 0 Å². The number of nitrogens with one attached hydrogen (secondary N) is 2. The summed E-state index contributed by atoms with van der Waals surface area (Å²) in [5, 5.41) is 2.57. The SMILES string of the molecule is CN=C(NN)Nc1ccc(C(F)(F)F)cc1Cl. The number of aliphatic imine (C=N–C) groups is 1. The first-order chi connectivity index (χ1) is 7.88. The molecule has 0 aliphatic heterocycles. The minimum atomic E-state index is -4.42. The average Bonchev–Trinajstić information content (AvgIpc) is 2.26. The summed E-state index contributed by atoms with van der Waals surface area (Å²) in [4.78, 5) is 3.70. The van der Waals surface area contributed by atoms with E-state index < -0.39 is 11.7 Å². The van der Waals surface area contributed by atoms with E-state index in [0.717, 1.165) is 12.1 Å². The lowest BCUT2D eigenvalue weighted by Crippen LogP contribution is -2.36. The van der Waals surface area contributed by atoms with Crippen LogP contribution in [0, 0.1) is 0 Å². The Morgan fingerprint density at radius 2 is 2.06 bits per heavy atom. The molecule has 1 aromatic rings. The summed E-state index contributed by atoms with van der Waals surface area (Å²) >= 11 is 5.71. The van der Waals surface area contributed by atoms with Crippen LogP contribution in [0.2, 0.25) is 5.02 Å². The van der Waals surface area contributed by atoms with E-state index in [1.165, 1.54) is 13.1 Å². The molecule has 0 bridgehead atoms. The van der Waals surface area contributed by atoms with Crippen molar-refractivity contribution in [2.45, 2.75) is 6.18 Å². The Bertz CT molecular complexity index is 431. The number of anilines is 1. The molecule has 94 valence electrons. The molecule has 0 atom stereocenters. The number of hydrogen-bond acceptors (Lipinski definition) is 2. The number of benzene rings is 1. The molecule has 1 aromatic carbocycles. The Morgan fingerprint density at radius 1 is 1.41 bits per heavy atom. The van der Waals surface area contributed by atoms with Crippen molar-refractivity contribution in [3.05, 3.63) is 28.8 Å². The molecule has 0 heterocycles. The van der Waals surface area contributed by atoms with E-state index in [9.17, 15) is 13.2 Å². The Morgan fingerprint density at radius 3 is 2.47 bits per heavy atom. The largest absolute Gasteiger partial charge is 0.416 e. The predicted molar refractivity (Wildman–Crippen MR) is 60.8 cm³/mol. The van der Waals surface area contributed by atoms with Gasteiger partial charge in [-0.15, -0.1) is 0 Å². The van der Waals surface area contributed by atoms with Crippen LogP contribution in [-0.2, 0) is 6.18 Å². The van der Waals surface area contributed by atoms with Crippen LogP contribution >= 0.6 is 11.6 Å². The monoisotopic (exact) mass is 266 g/mol. The second kappa shape index (κ2) is 5.24. The lowest BCUT2D eigenvalue weighted by molar-refractivity contribution is -0.137. The summed E-state index contributed by atoms with van der Waals surface area (Å²) in [6, 6.07) is 2.94. The third kappa shape index (κ3) is 3.50. The van der Waals surface area contributed by atoms with Crippen molar-refractivity contribution >= 4 is 23.2 Å². The minimum absolute atomic E-state index is 0.0729. The highest BCUT2D eigenvalue weighted by Gasteiger charge is 2.30. The molecule has 17 heavy (non-hydrogen) atoms. The number of halogens is 4.